The summed E-state index contributed by atoms with van der Waals surface area (Å²) in [5.74, 6) is 0.842. The first-order valence-electron chi connectivity index (χ1n) is 8.77. The molecule has 0 radical (unpaired) electrons. The maximum atomic E-state index is 10.1. The van der Waals surface area contributed by atoms with Crippen LogP contribution in [0.5, 0.6) is 5.75 Å². The molecule has 0 saturated carbocycles. The van der Waals surface area contributed by atoms with E-state index in [1.54, 1.807) is 36.5 Å². The van der Waals surface area contributed by atoms with Crippen molar-refractivity contribution in [2.75, 3.05) is 5.32 Å². The highest BCUT2D eigenvalue weighted by molar-refractivity contribution is 6.33. The Labute approximate surface area is 179 Å². The Morgan fingerprint density at radius 3 is 2.77 bits per heavy atom. The van der Waals surface area contributed by atoms with E-state index < -0.39 is 0 Å². The largest absolute Gasteiger partial charge is 0.507 e. The first kappa shape index (κ1) is 18.4. The van der Waals surface area contributed by atoms with Crippen LogP contribution in [-0.4, -0.2) is 30.3 Å². The monoisotopic (exact) mass is 438 g/mol. The third kappa shape index (κ3) is 3.42. The van der Waals surface area contributed by atoms with E-state index in [2.05, 4.69) is 30.5 Å². The molecule has 0 aliphatic carbocycles. The highest BCUT2D eigenvalue weighted by atomic mass is 35.5. The number of fused-ring (bicyclic) bond motifs is 1. The van der Waals surface area contributed by atoms with Gasteiger partial charge in [-0.2, -0.15) is 0 Å². The van der Waals surface area contributed by atoms with E-state index in [1.807, 2.05) is 18.2 Å². The zero-order valence-electron chi connectivity index (χ0n) is 15.1. The van der Waals surface area contributed by atoms with E-state index in [-0.39, 0.29) is 11.8 Å². The number of rotatable bonds is 4. The van der Waals surface area contributed by atoms with Gasteiger partial charge in [-0.05, 0) is 42.5 Å². The van der Waals surface area contributed by atoms with Gasteiger partial charge in [0, 0.05) is 17.4 Å². The lowest BCUT2D eigenvalue weighted by molar-refractivity contribution is 0.477. The molecule has 5 aromatic rings. The van der Waals surface area contributed by atoms with Crippen molar-refractivity contribution in [3.05, 3.63) is 64.9 Å². The van der Waals surface area contributed by atoms with Crippen LogP contribution in [-0.2, 0) is 0 Å². The van der Waals surface area contributed by atoms with Crippen molar-refractivity contribution >= 4 is 45.9 Å². The smallest absolute Gasteiger partial charge is 0.320 e. The fourth-order valence-corrected chi connectivity index (χ4v) is 3.44. The van der Waals surface area contributed by atoms with E-state index in [9.17, 15) is 5.11 Å². The number of H-pyrrole nitrogens is 1. The third-order valence-corrected chi connectivity index (χ3v) is 4.88. The van der Waals surface area contributed by atoms with Gasteiger partial charge in [-0.1, -0.05) is 34.4 Å². The SMILES string of the molecule is Oc1cccc(Cl)c1-c1nc2ccc(-c3nnc(Nc4ccnc(Cl)c4)o3)cc2[nH]1. The zero-order chi connectivity index (χ0) is 20.7. The number of imidazole rings is 1. The molecule has 0 fully saturated rings. The summed E-state index contributed by atoms with van der Waals surface area (Å²) in [4.78, 5) is 11.6. The zero-order valence-corrected chi connectivity index (χ0v) is 16.6. The Morgan fingerprint density at radius 2 is 1.93 bits per heavy atom. The summed E-state index contributed by atoms with van der Waals surface area (Å²) in [6, 6.07) is 14.0. The van der Waals surface area contributed by atoms with Crippen molar-refractivity contribution in [1.82, 2.24) is 25.1 Å². The predicted octanol–water partition coefficient (Wildman–Crippen LogP) is 5.43. The van der Waals surface area contributed by atoms with Crippen LogP contribution in [0.2, 0.25) is 10.2 Å². The average molecular weight is 439 g/mol. The van der Waals surface area contributed by atoms with Crippen LogP contribution in [0.15, 0.2) is 59.1 Å². The van der Waals surface area contributed by atoms with Gasteiger partial charge < -0.3 is 19.8 Å². The lowest BCUT2D eigenvalue weighted by Crippen LogP contribution is -1.90. The fourth-order valence-electron chi connectivity index (χ4n) is 3.00. The van der Waals surface area contributed by atoms with Crippen molar-refractivity contribution in [3.8, 4) is 28.6 Å². The Hall–Kier alpha value is -3.62. The first-order chi connectivity index (χ1) is 14.6. The Kier molecular flexibility index (Phi) is 4.50. The maximum absolute atomic E-state index is 10.1. The van der Waals surface area contributed by atoms with Crippen LogP contribution >= 0.6 is 23.2 Å². The standard InChI is InChI=1S/C20H12Cl2N6O2/c21-12-2-1-3-15(29)17(12)18-25-13-5-4-10(8-14(13)26-18)19-27-28-20(30-19)24-11-6-7-23-16(22)9-11/h1-9,29H,(H,25,26)(H,23,24,28). The highest BCUT2D eigenvalue weighted by Crippen LogP contribution is 2.35. The molecule has 10 heteroatoms. The number of halogens is 2. The van der Waals surface area contributed by atoms with Crippen LogP contribution in [0.4, 0.5) is 11.7 Å². The predicted molar refractivity (Wildman–Crippen MR) is 114 cm³/mol. The van der Waals surface area contributed by atoms with Gasteiger partial charge >= 0.3 is 6.01 Å². The average Bonchev–Trinajstić information content (AvgIpc) is 3.34. The van der Waals surface area contributed by atoms with Gasteiger partial charge in [-0.25, -0.2) is 9.97 Å². The molecule has 148 valence electrons. The summed E-state index contributed by atoms with van der Waals surface area (Å²) >= 11 is 12.1. The summed E-state index contributed by atoms with van der Waals surface area (Å²) < 4.78 is 5.70. The molecule has 0 amide bonds. The number of aromatic amines is 1. The van der Waals surface area contributed by atoms with Crippen LogP contribution < -0.4 is 5.32 Å². The molecule has 0 spiro atoms. The van der Waals surface area contributed by atoms with Crippen molar-refractivity contribution in [2.45, 2.75) is 0 Å². The molecule has 0 saturated heterocycles. The number of hydrogen-bond donors (Lipinski definition) is 3. The van der Waals surface area contributed by atoms with Crippen molar-refractivity contribution in [2.24, 2.45) is 0 Å². The van der Waals surface area contributed by atoms with E-state index in [1.165, 1.54) is 0 Å². The van der Waals surface area contributed by atoms with E-state index >= 15 is 0 Å². The highest BCUT2D eigenvalue weighted by Gasteiger charge is 2.15. The van der Waals surface area contributed by atoms with Gasteiger partial charge in [0.25, 0.3) is 0 Å². The number of hydrogen-bond acceptors (Lipinski definition) is 7. The topological polar surface area (TPSA) is 113 Å². The number of pyridine rings is 1. The third-order valence-electron chi connectivity index (χ3n) is 4.36. The molecule has 3 heterocycles. The van der Waals surface area contributed by atoms with Crippen LogP contribution in [0.25, 0.3) is 33.9 Å². The summed E-state index contributed by atoms with van der Waals surface area (Å²) in [5, 5.41) is 22.0. The normalized spacial score (nSPS) is 11.1. The van der Waals surface area contributed by atoms with E-state index in [4.69, 9.17) is 27.6 Å². The number of nitrogens with one attached hydrogen (secondary N) is 2. The minimum Gasteiger partial charge on any atom is -0.507 e. The molecular weight excluding hydrogens is 427 g/mol. The van der Waals surface area contributed by atoms with Gasteiger partial charge in [0.1, 0.15) is 16.7 Å². The van der Waals surface area contributed by atoms with Gasteiger partial charge in [-0.15, -0.1) is 5.10 Å². The van der Waals surface area contributed by atoms with Crippen molar-refractivity contribution in [3.63, 3.8) is 0 Å². The number of nitrogens with zero attached hydrogens (tertiary/aromatic N) is 4. The molecule has 0 aliphatic rings. The number of aromatic hydroxyl groups is 1. The van der Waals surface area contributed by atoms with Crippen molar-refractivity contribution in [1.29, 1.82) is 0 Å². The molecule has 0 atom stereocenters. The molecule has 0 unspecified atom stereocenters. The fraction of sp³-hybridized carbons (Fsp3) is 0. The van der Waals surface area contributed by atoms with Gasteiger partial charge in [0.15, 0.2) is 0 Å². The Bertz CT molecular complexity index is 1360. The second-order valence-corrected chi connectivity index (χ2v) is 7.15. The molecule has 3 aromatic heterocycles. The molecule has 0 aliphatic heterocycles. The second-order valence-electron chi connectivity index (χ2n) is 6.36. The van der Waals surface area contributed by atoms with Gasteiger partial charge in [0.05, 0.1) is 21.6 Å². The van der Waals surface area contributed by atoms with E-state index in [0.29, 0.717) is 44.2 Å². The lowest BCUT2D eigenvalue weighted by Gasteiger charge is -2.02. The quantitative estimate of drug-likeness (QED) is 0.320. The van der Waals surface area contributed by atoms with Crippen molar-refractivity contribution < 1.29 is 9.52 Å². The summed E-state index contributed by atoms with van der Waals surface area (Å²) in [6.07, 6.45) is 1.57. The van der Waals surface area contributed by atoms with Crippen LogP contribution in [0, 0.1) is 0 Å². The number of aromatic nitrogens is 5. The first-order valence-corrected chi connectivity index (χ1v) is 9.52. The van der Waals surface area contributed by atoms with Crippen LogP contribution in [0.3, 0.4) is 0 Å². The summed E-state index contributed by atoms with van der Waals surface area (Å²) in [7, 11) is 0. The minimum absolute atomic E-state index is 0.0469. The lowest BCUT2D eigenvalue weighted by atomic mass is 10.2. The van der Waals surface area contributed by atoms with Crippen LogP contribution in [0.1, 0.15) is 0 Å². The summed E-state index contributed by atoms with van der Waals surface area (Å²) in [6.45, 7) is 0. The molecule has 0 bridgehead atoms. The van der Waals surface area contributed by atoms with E-state index in [0.717, 1.165) is 5.52 Å². The molecule has 30 heavy (non-hydrogen) atoms. The second kappa shape index (κ2) is 7.33. The molecule has 5 rings (SSSR count). The molecule has 3 N–H and O–H groups in total. The van der Waals surface area contributed by atoms with Gasteiger partial charge in [-0.3, -0.25) is 0 Å². The molecule has 2 aromatic carbocycles. The molecular formula is C20H12Cl2N6O2. The number of phenols is 1. The summed E-state index contributed by atoms with van der Waals surface area (Å²) in [5.41, 5.74) is 3.26. The van der Waals surface area contributed by atoms with Gasteiger partial charge in [0.2, 0.25) is 5.89 Å². The number of anilines is 2. The Morgan fingerprint density at radius 1 is 1.03 bits per heavy atom. The molecule has 8 nitrogen and oxygen atoms in total. The Balaban J connectivity index is 1.47. The number of benzene rings is 2. The minimum atomic E-state index is 0.0469. The maximum Gasteiger partial charge on any atom is 0.320 e. The number of phenolic OH excluding ortho intramolecular Hbond substituents is 1.